The third kappa shape index (κ3) is 3.99. The van der Waals surface area contributed by atoms with Crippen molar-refractivity contribution in [2.24, 2.45) is 0 Å². The summed E-state index contributed by atoms with van der Waals surface area (Å²) < 4.78 is 0. The summed E-state index contributed by atoms with van der Waals surface area (Å²) in [6.45, 7) is 12.6. The van der Waals surface area contributed by atoms with Gasteiger partial charge in [-0.25, -0.2) is 4.98 Å². The van der Waals surface area contributed by atoms with Crippen LogP contribution in [0.15, 0.2) is 54.0 Å². The molecule has 0 spiro atoms. The number of aromatic nitrogens is 1. The molecule has 2 fully saturated rings. The lowest BCUT2D eigenvalue weighted by Crippen LogP contribution is -2.49. The number of nitrogens with one attached hydrogen (secondary N) is 2. The van der Waals surface area contributed by atoms with Gasteiger partial charge in [-0.05, 0) is 47.7 Å². The Morgan fingerprint density at radius 1 is 1.04 bits per heavy atom. The van der Waals surface area contributed by atoms with Gasteiger partial charge in [0.1, 0.15) is 11.6 Å². The van der Waals surface area contributed by atoms with Crippen molar-refractivity contribution in [3.63, 3.8) is 0 Å². The van der Waals surface area contributed by atoms with Crippen molar-refractivity contribution >= 4 is 11.5 Å². The molecule has 28 heavy (non-hydrogen) atoms. The Morgan fingerprint density at radius 2 is 1.75 bits per heavy atom. The average Bonchev–Trinajstić information content (AvgIpc) is 2.67. The summed E-state index contributed by atoms with van der Waals surface area (Å²) in [7, 11) is 0. The Balaban J connectivity index is 1.45. The van der Waals surface area contributed by atoms with E-state index in [1.165, 1.54) is 28.2 Å². The van der Waals surface area contributed by atoms with E-state index in [1.54, 1.807) is 0 Å². The fourth-order valence-electron chi connectivity index (χ4n) is 3.85. The zero-order valence-corrected chi connectivity index (χ0v) is 17.2. The molecule has 0 amide bonds. The lowest BCUT2D eigenvalue weighted by molar-refractivity contribution is 0.316. The first-order chi connectivity index (χ1) is 13.6. The molecule has 5 heteroatoms. The van der Waals surface area contributed by atoms with Crippen LogP contribution in [0, 0.1) is 6.92 Å². The predicted molar refractivity (Wildman–Crippen MR) is 117 cm³/mol. The van der Waals surface area contributed by atoms with Crippen LogP contribution in [0.5, 0.6) is 0 Å². The summed E-state index contributed by atoms with van der Waals surface area (Å²) in [6, 6.07) is 13.0. The van der Waals surface area contributed by atoms with Gasteiger partial charge in [0.25, 0.3) is 0 Å². The number of nitrogens with zero attached hydrogens (tertiary/aromatic N) is 3. The first-order valence-electron chi connectivity index (χ1n) is 10.3. The van der Waals surface area contributed by atoms with E-state index >= 15 is 0 Å². The van der Waals surface area contributed by atoms with E-state index in [4.69, 9.17) is 0 Å². The summed E-state index contributed by atoms with van der Waals surface area (Å²) in [5.41, 5.74) is 5.27. The molecule has 1 aromatic carbocycles. The number of piperazine rings is 1. The number of hydrogen-bond acceptors (Lipinski definition) is 5. The van der Waals surface area contributed by atoms with E-state index in [1.807, 2.05) is 12.3 Å². The number of rotatable bonds is 5. The Bertz CT molecular complexity index is 826. The highest BCUT2D eigenvalue weighted by Crippen LogP contribution is 2.24. The van der Waals surface area contributed by atoms with E-state index in [9.17, 15) is 0 Å². The first kappa shape index (κ1) is 18.8. The van der Waals surface area contributed by atoms with Crippen molar-refractivity contribution in [3.05, 3.63) is 65.1 Å². The molecule has 2 aromatic rings. The van der Waals surface area contributed by atoms with Gasteiger partial charge in [0.15, 0.2) is 0 Å². The van der Waals surface area contributed by atoms with Crippen molar-refractivity contribution in [2.75, 3.05) is 49.5 Å². The number of aryl methyl sites for hydroxylation is 1. The monoisotopic (exact) mass is 377 g/mol. The van der Waals surface area contributed by atoms with Gasteiger partial charge in [0.2, 0.25) is 0 Å². The molecular formula is C23H31N5. The molecule has 0 atom stereocenters. The maximum absolute atomic E-state index is 4.59. The van der Waals surface area contributed by atoms with Crippen molar-refractivity contribution in [3.8, 4) is 0 Å². The number of anilines is 2. The fraction of sp³-hybridized carbons (Fsp3) is 0.435. The molecule has 0 unspecified atom stereocenters. The quantitative estimate of drug-likeness (QED) is 0.834. The van der Waals surface area contributed by atoms with E-state index in [-0.39, 0.29) is 0 Å². The molecule has 2 saturated heterocycles. The normalized spacial score (nSPS) is 16.9. The maximum Gasteiger partial charge on any atom is 0.131 e. The minimum Gasteiger partial charge on any atom is -0.355 e. The molecule has 0 bridgehead atoms. The van der Waals surface area contributed by atoms with Gasteiger partial charge >= 0.3 is 0 Å². The SMILES string of the molecule is Cc1cccnc1N1CCN(C(Nc2ccc(C(C)C)cc2)=C2CNC2)CC1. The molecule has 2 aliphatic rings. The van der Waals surface area contributed by atoms with Gasteiger partial charge in [-0.15, -0.1) is 0 Å². The molecule has 3 heterocycles. The van der Waals surface area contributed by atoms with Gasteiger partial charge in [-0.1, -0.05) is 32.0 Å². The highest BCUT2D eigenvalue weighted by Gasteiger charge is 2.24. The third-order valence-corrected chi connectivity index (χ3v) is 5.73. The second-order valence-electron chi connectivity index (χ2n) is 8.08. The minimum absolute atomic E-state index is 0.561. The smallest absolute Gasteiger partial charge is 0.131 e. The van der Waals surface area contributed by atoms with Gasteiger partial charge in [-0.2, -0.15) is 0 Å². The summed E-state index contributed by atoms with van der Waals surface area (Å²) in [6.07, 6.45) is 1.89. The molecule has 1 aromatic heterocycles. The summed E-state index contributed by atoms with van der Waals surface area (Å²) in [5.74, 6) is 2.97. The van der Waals surface area contributed by atoms with E-state index in [0.717, 1.165) is 45.1 Å². The number of pyridine rings is 1. The Morgan fingerprint density at radius 3 is 2.32 bits per heavy atom. The van der Waals surface area contributed by atoms with Gasteiger partial charge in [-0.3, -0.25) is 0 Å². The standard InChI is InChI=1S/C23H31N5/c1-17(2)19-6-8-21(9-7-19)26-23(20-15-24-16-20)28-13-11-27(12-14-28)22-18(3)5-4-10-25-22/h4-10,17,24,26H,11-16H2,1-3H3. The topological polar surface area (TPSA) is 43.4 Å². The van der Waals surface area contributed by atoms with Crippen molar-refractivity contribution < 1.29 is 0 Å². The largest absolute Gasteiger partial charge is 0.355 e. The maximum atomic E-state index is 4.59. The summed E-state index contributed by atoms with van der Waals surface area (Å²) >= 11 is 0. The van der Waals surface area contributed by atoms with Crippen LogP contribution in [-0.4, -0.2) is 49.2 Å². The Labute approximate surface area is 168 Å². The third-order valence-electron chi connectivity index (χ3n) is 5.73. The van der Waals surface area contributed by atoms with Crippen LogP contribution < -0.4 is 15.5 Å². The molecule has 2 aliphatic heterocycles. The van der Waals surface area contributed by atoms with Crippen LogP contribution in [-0.2, 0) is 0 Å². The van der Waals surface area contributed by atoms with Crippen LogP contribution in [0.1, 0.15) is 30.9 Å². The summed E-state index contributed by atoms with van der Waals surface area (Å²) in [5, 5.41) is 7.10. The number of benzene rings is 1. The zero-order valence-electron chi connectivity index (χ0n) is 17.2. The van der Waals surface area contributed by atoms with Crippen LogP contribution in [0.3, 0.4) is 0 Å². The lowest BCUT2D eigenvalue weighted by atomic mass is 10.0. The zero-order chi connectivity index (χ0) is 19.5. The van der Waals surface area contributed by atoms with Crippen molar-refractivity contribution in [1.29, 1.82) is 0 Å². The Kier molecular flexibility index (Phi) is 5.53. The molecule has 5 nitrogen and oxygen atoms in total. The van der Waals surface area contributed by atoms with Crippen LogP contribution in [0.2, 0.25) is 0 Å². The average molecular weight is 378 g/mol. The molecule has 0 saturated carbocycles. The minimum atomic E-state index is 0.561. The van der Waals surface area contributed by atoms with Gasteiger partial charge in [0, 0.05) is 51.2 Å². The van der Waals surface area contributed by atoms with Gasteiger partial charge < -0.3 is 20.4 Å². The Hall–Kier alpha value is -2.53. The van der Waals surface area contributed by atoms with Crippen LogP contribution in [0.25, 0.3) is 0 Å². The van der Waals surface area contributed by atoms with Crippen molar-refractivity contribution in [2.45, 2.75) is 26.7 Å². The molecular weight excluding hydrogens is 346 g/mol. The van der Waals surface area contributed by atoms with Crippen LogP contribution in [0.4, 0.5) is 11.5 Å². The second kappa shape index (κ2) is 8.23. The van der Waals surface area contributed by atoms with E-state index in [2.05, 4.69) is 76.5 Å². The van der Waals surface area contributed by atoms with E-state index < -0.39 is 0 Å². The molecule has 0 aliphatic carbocycles. The highest BCUT2D eigenvalue weighted by molar-refractivity contribution is 5.52. The summed E-state index contributed by atoms with van der Waals surface area (Å²) in [4.78, 5) is 9.50. The fourth-order valence-corrected chi connectivity index (χ4v) is 3.85. The molecule has 0 radical (unpaired) electrons. The van der Waals surface area contributed by atoms with Crippen molar-refractivity contribution in [1.82, 2.24) is 15.2 Å². The lowest BCUT2D eigenvalue weighted by Gasteiger charge is -2.40. The first-order valence-corrected chi connectivity index (χ1v) is 10.3. The predicted octanol–water partition coefficient (Wildman–Crippen LogP) is 3.56. The second-order valence-corrected chi connectivity index (χ2v) is 8.08. The molecule has 148 valence electrons. The number of hydrogen-bond donors (Lipinski definition) is 2. The van der Waals surface area contributed by atoms with Gasteiger partial charge in [0.05, 0.1) is 0 Å². The van der Waals surface area contributed by atoms with Crippen LogP contribution >= 0.6 is 0 Å². The molecule has 2 N–H and O–H groups in total. The highest BCUT2D eigenvalue weighted by atomic mass is 15.3. The molecule has 4 rings (SSSR count). The van der Waals surface area contributed by atoms with E-state index in [0.29, 0.717) is 5.92 Å².